The lowest BCUT2D eigenvalue weighted by atomic mass is 9.87. The van der Waals surface area contributed by atoms with Gasteiger partial charge in [0.1, 0.15) is 23.0 Å². The first-order chi connectivity index (χ1) is 22.7. The standard InChI is InChI=1S/C42H34O6/c1-41(2,3)23-13-17-25(18-14-23)47-33-11-7-9-27-35(33)39(45)31-21-30-32(22-29(31)37(27)43)40(46)36-28(38(30)44)10-8-12-34(36)48-26-19-15-24(16-20-26)42(4,5)6/h7-22H,1-6H3. The molecule has 238 valence electrons. The molecule has 0 saturated carbocycles. The Balaban J connectivity index is 1.39. The molecule has 0 aliphatic rings. The lowest BCUT2D eigenvalue weighted by molar-refractivity contribution is 0.486. The zero-order chi connectivity index (χ0) is 34.1. The number of hydrogen-bond acceptors (Lipinski definition) is 6. The van der Waals surface area contributed by atoms with Crippen LogP contribution in [0.15, 0.2) is 116 Å². The molecule has 6 heteroatoms. The van der Waals surface area contributed by atoms with Gasteiger partial charge in [-0.1, -0.05) is 90.1 Å². The van der Waals surface area contributed by atoms with E-state index >= 15 is 0 Å². The van der Waals surface area contributed by atoms with Gasteiger partial charge in [0.15, 0.2) is 21.7 Å². The van der Waals surface area contributed by atoms with Gasteiger partial charge in [-0.2, -0.15) is 0 Å². The highest BCUT2D eigenvalue weighted by Crippen LogP contribution is 2.33. The summed E-state index contributed by atoms with van der Waals surface area (Å²) in [5, 5.41) is 0.846. The van der Waals surface area contributed by atoms with E-state index in [4.69, 9.17) is 9.47 Å². The molecule has 0 amide bonds. The van der Waals surface area contributed by atoms with Gasteiger partial charge < -0.3 is 9.47 Å². The van der Waals surface area contributed by atoms with Crippen LogP contribution in [0.4, 0.5) is 0 Å². The van der Waals surface area contributed by atoms with Gasteiger partial charge in [0, 0.05) is 32.3 Å². The summed E-state index contributed by atoms with van der Waals surface area (Å²) in [5.74, 6) is 1.52. The zero-order valence-corrected chi connectivity index (χ0v) is 27.7. The molecule has 0 N–H and O–H groups in total. The summed E-state index contributed by atoms with van der Waals surface area (Å²) in [6.45, 7) is 12.7. The van der Waals surface area contributed by atoms with E-state index in [0.717, 1.165) is 11.1 Å². The topological polar surface area (TPSA) is 86.7 Å². The fourth-order valence-corrected chi connectivity index (χ4v) is 6.29. The van der Waals surface area contributed by atoms with E-state index in [1.165, 1.54) is 12.1 Å². The molecule has 48 heavy (non-hydrogen) atoms. The lowest BCUT2D eigenvalue weighted by Crippen LogP contribution is -2.18. The maximum Gasteiger partial charge on any atom is 0.198 e. The highest BCUT2D eigenvalue weighted by atomic mass is 16.5. The van der Waals surface area contributed by atoms with Crippen LogP contribution >= 0.6 is 0 Å². The molecular weight excluding hydrogens is 600 g/mol. The third kappa shape index (κ3) is 5.14. The Morgan fingerprint density at radius 2 is 0.729 bits per heavy atom. The second-order valence-corrected chi connectivity index (χ2v) is 14.4. The van der Waals surface area contributed by atoms with E-state index in [1.54, 1.807) is 36.4 Å². The van der Waals surface area contributed by atoms with Crippen LogP contribution in [-0.2, 0) is 10.8 Å². The molecule has 0 radical (unpaired) electrons. The van der Waals surface area contributed by atoms with Gasteiger partial charge in [-0.15, -0.1) is 0 Å². The van der Waals surface area contributed by atoms with Crippen LogP contribution in [0, 0.1) is 0 Å². The van der Waals surface area contributed by atoms with Crippen molar-refractivity contribution in [2.45, 2.75) is 52.4 Å². The smallest absolute Gasteiger partial charge is 0.198 e. The van der Waals surface area contributed by atoms with Gasteiger partial charge in [-0.05, 0) is 70.5 Å². The van der Waals surface area contributed by atoms with E-state index in [9.17, 15) is 19.2 Å². The molecule has 7 rings (SSSR count). The van der Waals surface area contributed by atoms with E-state index in [2.05, 4.69) is 41.5 Å². The van der Waals surface area contributed by atoms with Crippen LogP contribution < -0.4 is 31.2 Å². The first kappa shape index (κ1) is 31.0. The molecule has 0 aliphatic carbocycles. The molecule has 0 aliphatic heterocycles. The Kier molecular flexibility index (Phi) is 7.09. The van der Waals surface area contributed by atoms with Gasteiger partial charge in [-0.3, -0.25) is 19.2 Å². The van der Waals surface area contributed by atoms with Crippen LogP contribution in [0.25, 0.3) is 43.1 Å². The maximum absolute atomic E-state index is 14.1. The summed E-state index contributed by atoms with van der Waals surface area (Å²) in [6.07, 6.45) is 0. The van der Waals surface area contributed by atoms with Gasteiger partial charge in [0.05, 0.1) is 10.8 Å². The molecule has 0 fully saturated rings. The third-order valence-corrected chi connectivity index (χ3v) is 9.03. The Morgan fingerprint density at radius 3 is 1.06 bits per heavy atom. The van der Waals surface area contributed by atoms with E-state index in [1.807, 2.05) is 48.5 Å². The summed E-state index contributed by atoms with van der Waals surface area (Å²) in [5.41, 5.74) is 0.422. The first-order valence-electron chi connectivity index (χ1n) is 15.9. The Bertz CT molecular complexity index is 2440. The van der Waals surface area contributed by atoms with E-state index in [0.29, 0.717) is 11.5 Å². The second-order valence-electron chi connectivity index (χ2n) is 14.4. The maximum atomic E-state index is 14.1. The molecule has 0 unspecified atom stereocenters. The monoisotopic (exact) mass is 634 g/mol. The van der Waals surface area contributed by atoms with Crippen molar-refractivity contribution in [3.05, 3.63) is 149 Å². The first-order valence-corrected chi connectivity index (χ1v) is 15.9. The van der Waals surface area contributed by atoms with Crippen LogP contribution in [0.3, 0.4) is 0 Å². The number of benzene rings is 7. The van der Waals surface area contributed by atoms with Gasteiger partial charge >= 0.3 is 0 Å². The van der Waals surface area contributed by atoms with E-state index in [-0.39, 0.29) is 65.4 Å². The summed E-state index contributed by atoms with van der Waals surface area (Å²) >= 11 is 0. The summed E-state index contributed by atoms with van der Waals surface area (Å²) in [4.78, 5) is 55.9. The molecule has 0 aromatic heterocycles. The molecule has 6 nitrogen and oxygen atoms in total. The fraction of sp³-hybridized carbons (Fsp3) is 0.190. The number of hydrogen-bond donors (Lipinski definition) is 0. The van der Waals surface area contributed by atoms with Gasteiger partial charge in [-0.25, -0.2) is 0 Å². The Morgan fingerprint density at radius 1 is 0.396 bits per heavy atom. The molecule has 0 atom stereocenters. The van der Waals surface area contributed by atoms with Crippen LogP contribution in [0.1, 0.15) is 52.7 Å². The highest BCUT2D eigenvalue weighted by Gasteiger charge is 2.21. The van der Waals surface area contributed by atoms with Crippen LogP contribution in [0.2, 0.25) is 0 Å². The molecular formula is C42H34O6. The van der Waals surface area contributed by atoms with Gasteiger partial charge in [0.2, 0.25) is 0 Å². The summed E-state index contributed by atoms with van der Waals surface area (Å²) in [7, 11) is 0. The van der Waals surface area contributed by atoms with Crippen molar-refractivity contribution in [3.8, 4) is 23.0 Å². The van der Waals surface area contributed by atoms with Crippen molar-refractivity contribution in [3.63, 3.8) is 0 Å². The predicted molar refractivity (Wildman–Crippen MR) is 194 cm³/mol. The minimum absolute atomic E-state index is 0.0397. The lowest BCUT2D eigenvalue weighted by Gasteiger charge is -2.19. The highest BCUT2D eigenvalue weighted by molar-refractivity contribution is 6.09. The molecule has 0 bridgehead atoms. The molecule has 0 heterocycles. The van der Waals surface area contributed by atoms with Crippen molar-refractivity contribution in [2.24, 2.45) is 0 Å². The van der Waals surface area contributed by atoms with Crippen molar-refractivity contribution in [1.82, 2.24) is 0 Å². The van der Waals surface area contributed by atoms with Crippen molar-refractivity contribution in [2.75, 3.05) is 0 Å². The molecule has 7 aromatic carbocycles. The predicted octanol–water partition coefficient (Wildman–Crippen LogP) is 8.80. The van der Waals surface area contributed by atoms with Gasteiger partial charge in [0.25, 0.3) is 0 Å². The van der Waals surface area contributed by atoms with Crippen molar-refractivity contribution in [1.29, 1.82) is 0 Å². The van der Waals surface area contributed by atoms with Crippen LogP contribution in [0.5, 0.6) is 23.0 Å². The normalized spacial score (nSPS) is 12.3. The molecule has 7 aromatic rings. The Hall–Kier alpha value is -5.62. The minimum atomic E-state index is -0.453. The SMILES string of the molecule is CC(C)(C)c1ccc(Oc2cccc3c(=O)c4cc5c(=O)c6c(Oc7ccc(C(C)(C)C)cc7)cccc6c(=O)c5cc4c(=O)c23)cc1. The van der Waals surface area contributed by atoms with Crippen molar-refractivity contribution < 1.29 is 9.47 Å². The van der Waals surface area contributed by atoms with Crippen molar-refractivity contribution >= 4 is 43.1 Å². The molecule has 0 saturated heterocycles. The number of rotatable bonds is 4. The number of ether oxygens (including phenoxy) is 2. The average Bonchev–Trinajstić information content (AvgIpc) is 3.05. The Labute approximate surface area is 276 Å². The summed E-state index contributed by atoms with van der Waals surface area (Å²) in [6, 6.07) is 27.7. The fourth-order valence-electron chi connectivity index (χ4n) is 6.29. The third-order valence-electron chi connectivity index (χ3n) is 9.03. The second kappa shape index (κ2) is 11.0. The quantitative estimate of drug-likeness (QED) is 0.180. The van der Waals surface area contributed by atoms with Crippen LogP contribution in [-0.4, -0.2) is 0 Å². The largest absolute Gasteiger partial charge is 0.457 e. The average molecular weight is 635 g/mol. The summed E-state index contributed by atoms with van der Waals surface area (Å²) < 4.78 is 12.3. The zero-order valence-electron chi connectivity index (χ0n) is 27.7. The van der Waals surface area contributed by atoms with E-state index < -0.39 is 21.7 Å². The number of fused-ring (bicyclic) bond motifs is 4. The molecule has 0 spiro atoms. The minimum Gasteiger partial charge on any atom is -0.457 e.